The summed E-state index contributed by atoms with van der Waals surface area (Å²) in [6.07, 6.45) is 3.67. The Hall–Kier alpha value is -1.74. The summed E-state index contributed by atoms with van der Waals surface area (Å²) in [6.45, 7) is 0. The second-order valence-electron chi connectivity index (χ2n) is 2.97. The predicted octanol–water partition coefficient (Wildman–Crippen LogP) is 2.61. The van der Waals surface area contributed by atoms with Crippen molar-refractivity contribution in [2.24, 2.45) is 0 Å². The van der Waals surface area contributed by atoms with Crippen LogP contribution in [0.3, 0.4) is 0 Å². The van der Waals surface area contributed by atoms with Crippen LogP contribution in [0.5, 0.6) is 0 Å². The van der Waals surface area contributed by atoms with Gasteiger partial charge in [-0.25, -0.2) is 9.97 Å². The lowest BCUT2D eigenvalue weighted by Gasteiger charge is -1.99. The first kappa shape index (κ1) is 9.80. The summed E-state index contributed by atoms with van der Waals surface area (Å²) in [5.74, 6) is 0.558. The van der Waals surface area contributed by atoms with Gasteiger partial charge in [0.15, 0.2) is 12.1 Å². The lowest BCUT2D eigenvalue weighted by Crippen LogP contribution is -1.90. The number of benzene rings is 1. The molecule has 0 aliphatic heterocycles. The Labute approximate surface area is 91.8 Å². The van der Waals surface area contributed by atoms with Crippen molar-refractivity contribution >= 4 is 17.9 Å². The third kappa shape index (κ3) is 2.19. The van der Waals surface area contributed by atoms with Gasteiger partial charge in [0.1, 0.15) is 0 Å². The molecular formula is C11H7ClN2O. The molecule has 0 aliphatic carbocycles. The maximum Gasteiger partial charge on any atom is 0.159 e. The molecule has 1 aromatic heterocycles. The van der Waals surface area contributed by atoms with Crippen molar-refractivity contribution in [1.82, 2.24) is 9.97 Å². The minimum atomic E-state index is 0.459. The summed E-state index contributed by atoms with van der Waals surface area (Å²) >= 11 is 5.84. The molecule has 15 heavy (non-hydrogen) atoms. The highest BCUT2D eigenvalue weighted by Crippen LogP contribution is 2.18. The van der Waals surface area contributed by atoms with Crippen LogP contribution >= 0.6 is 11.6 Å². The van der Waals surface area contributed by atoms with Crippen molar-refractivity contribution in [3.8, 4) is 11.4 Å². The number of aldehydes is 1. The summed E-state index contributed by atoms with van der Waals surface area (Å²) in [5, 5.41) is 0.635. The van der Waals surface area contributed by atoms with E-state index in [2.05, 4.69) is 9.97 Å². The van der Waals surface area contributed by atoms with Gasteiger partial charge >= 0.3 is 0 Å². The Bertz CT molecular complexity index is 482. The number of carbonyl (C=O) groups excluding carboxylic acids is 1. The largest absolute Gasteiger partial charge is 0.298 e. The normalized spacial score (nSPS) is 9.93. The highest BCUT2D eigenvalue weighted by Gasteiger charge is 2.01. The number of halogens is 1. The zero-order valence-electron chi connectivity index (χ0n) is 7.72. The molecule has 4 heteroatoms. The topological polar surface area (TPSA) is 42.9 Å². The molecule has 0 N–H and O–H groups in total. The molecule has 0 aliphatic rings. The lowest BCUT2D eigenvalue weighted by molar-refractivity contribution is 0.112. The van der Waals surface area contributed by atoms with Crippen molar-refractivity contribution in [1.29, 1.82) is 0 Å². The van der Waals surface area contributed by atoms with Crippen molar-refractivity contribution in [2.45, 2.75) is 0 Å². The van der Waals surface area contributed by atoms with Crippen molar-refractivity contribution < 1.29 is 4.79 Å². The van der Waals surface area contributed by atoms with E-state index >= 15 is 0 Å². The summed E-state index contributed by atoms with van der Waals surface area (Å²) in [4.78, 5) is 18.5. The number of hydrogen-bond donors (Lipinski definition) is 0. The van der Waals surface area contributed by atoms with Crippen LogP contribution in [0.2, 0.25) is 5.02 Å². The second kappa shape index (κ2) is 4.19. The van der Waals surface area contributed by atoms with Gasteiger partial charge in [0.05, 0.1) is 5.56 Å². The smallest absolute Gasteiger partial charge is 0.159 e. The standard InChI is InChI=1S/C11H7ClN2O/c12-10-3-1-2-9(4-10)11-13-5-8(7-15)6-14-11/h1-7H. The average molecular weight is 219 g/mol. The minimum Gasteiger partial charge on any atom is -0.298 e. The van der Waals surface area contributed by atoms with E-state index in [0.717, 1.165) is 5.56 Å². The molecule has 0 atom stereocenters. The van der Waals surface area contributed by atoms with Crippen molar-refractivity contribution in [2.75, 3.05) is 0 Å². The molecule has 3 nitrogen and oxygen atoms in total. The predicted molar refractivity (Wildman–Crippen MR) is 57.9 cm³/mol. The van der Waals surface area contributed by atoms with E-state index < -0.39 is 0 Å². The Morgan fingerprint density at radius 2 is 1.93 bits per heavy atom. The van der Waals surface area contributed by atoms with Crippen LogP contribution < -0.4 is 0 Å². The van der Waals surface area contributed by atoms with E-state index in [9.17, 15) is 4.79 Å². The van der Waals surface area contributed by atoms with Crippen LogP contribution in [0.15, 0.2) is 36.7 Å². The third-order valence-corrected chi connectivity index (χ3v) is 2.13. The number of aromatic nitrogens is 2. The van der Waals surface area contributed by atoms with Gasteiger partial charge in [-0.2, -0.15) is 0 Å². The lowest BCUT2D eigenvalue weighted by atomic mass is 10.2. The van der Waals surface area contributed by atoms with Gasteiger partial charge in [0.25, 0.3) is 0 Å². The fourth-order valence-corrected chi connectivity index (χ4v) is 1.37. The Morgan fingerprint density at radius 3 is 2.53 bits per heavy atom. The zero-order valence-corrected chi connectivity index (χ0v) is 8.48. The number of rotatable bonds is 2. The zero-order chi connectivity index (χ0) is 10.7. The average Bonchev–Trinajstić information content (AvgIpc) is 2.29. The summed E-state index contributed by atoms with van der Waals surface area (Å²) in [7, 11) is 0. The van der Waals surface area contributed by atoms with Crippen LogP contribution in [-0.4, -0.2) is 16.3 Å². The number of carbonyl (C=O) groups is 1. The molecule has 0 saturated carbocycles. The Balaban J connectivity index is 2.41. The van der Waals surface area contributed by atoms with Crippen LogP contribution in [0.4, 0.5) is 0 Å². The number of hydrogen-bond acceptors (Lipinski definition) is 3. The van der Waals surface area contributed by atoms with E-state index in [-0.39, 0.29) is 0 Å². The molecule has 2 aromatic rings. The Kier molecular flexibility index (Phi) is 2.74. The van der Waals surface area contributed by atoms with Crippen molar-refractivity contribution in [3.05, 3.63) is 47.2 Å². The number of nitrogens with zero attached hydrogens (tertiary/aromatic N) is 2. The van der Waals surface area contributed by atoms with E-state index in [0.29, 0.717) is 22.7 Å². The molecule has 0 radical (unpaired) electrons. The molecular weight excluding hydrogens is 212 g/mol. The van der Waals surface area contributed by atoms with Gasteiger partial charge in [-0.05, 0) is 12.1 Å². The fourth-order valence-electron chi connectivity index (χ4n) is 1.18. The van der Waals surface area contributed by atoms with Crippen LogP contribution in [0, 0.1) is 0 Å². The monoisotopic (exact) mass is 218 g/mol. The van der Waals surface area contributed by atoms with Gasteiger partial charge in [-0.3, -0.25) is 4.79 Å². The molecule has 0 fully saturated rings. The van der Waals surface area contributed by atoms with Gasteiger partial charge in [0.2, 0.25) is 0 Å². The van der Waals surface area contributed by atoms with E-state index in [1.54, 1.807) is 12.1 Å². The maximum atomic E-state index is 10.4. The molecule has 1 aromatic carbocycles. The van der Waals surface area contributed by atoms with Gasteiger partial charge in [0, 0.05) is 23.0 Å². The quantitative estimate of drug-likeness (QED) is 0.728. The maximum absolute atomic E-state index is 10.4. The van der Waals surface area contributed by atoms with Crippen LogP contribution in [0.25, 0.3) is 11.4 Å². The highest BCUT2D eigenvalue weighted by atomic mass is 35.5. The third-order valence-electron chi connectivity index (χ3n) is 1.89. The van der Waals surface area contributed by atoms with Crippen LogP contribution in [0.1, 0.15) is 10.4 Å². The van der Waals surface area contributed by atoms with E-state index in [1.165, 1.54) is 12.4 Å². The molecule has 1 heterocycles. The van der Waals surface area contributed by atoms with Gasteiger partial charge < -0.3 is 0 Å². The molecule has 0 unspecified atom stereocenters. The Morgan fingerprint density at radius 1 is 1.20 bits per heavy atom. The minimum absolute atomic E-state index is 0.459. The first-order chi connectivity index (χ1) is 7.29. The highest BCUT2D eigenvalue weighted by molar-refractivity contribution is 6.30. The second-order valence-corrected chi connectivity index (χ2v) is 3.40. The van der Waals surface area contributed by atoms with Gasteiger partial charge in [-0.15, -0.1) is 0 Å². The fraction of sp³-hybridized carbons (Fsp3) is 0. The van der Waals surface area contributed by atoms with Gasteiger partial charge in [-0.1, -0.05) is 23.7 Å². The first-order valence-electron chi connectivity index (χ1n) is 4.33. The summed E-state index contributed by atoms with van der Waals surface area (Å²) in [5.41, 5.74) is 1.29. The molecule has 0 spiro atoms. The summed E-state index contributed by atoms with van der Waals surface area (Å²) in [6, 6.07) is 7.25. The van der Waals surface area contributed by atoms with Crippen molar-refractivity contribution in [3.63, 3.8) is 0 Å². The summed E-state index contributed by atoms with van der Waals surface area (Å²) < 4.78 is 0. The van der Waals surface area contributed by atoms with Crippen LogP contribution in [-0.2, 0) is 0 Å². The molecule has 0 amide bonds. The van der Waals surface area contributed by atoms with E-state index in [4.69, 9.17) is 11.6 Å². The van der Waals surface area contributed by atoms with E-state index in [1.807, 2.05) is 12.1 Å². The molecule has 0 bridgehead atoms. The molecule has 74 valence electrons. The first-order valence-corrected chi connectivity index (χ1v) is 4.70. The molecule has 2 rings (SSSR count). The molecule has 0 saturated heterocycles. The SMILES string of the molecule is O=Cc1cnc(-c2cccc(Cl)c2)nc1.